The summed E-state index contributed by atoms with van der Waals surface area (Å²) in [6.45, 7) is 0. The minimum atomic E-state index is -4.32. The van der Waals surface area contributed by atoms with Crippen LogP contribution in [0, 0.1) is 0 Å². The summed E-state index contributed by atoms with van der Waals surface area (Å²) in [7, 11) is 0.555. The lowest BCUT2D eigenvalue weighted by atomic mass is 10.3. The van der Waals surface area contributed by atoms with Crippen molar-refractivity contribution in [3.63, 3.8) is 0 Å². The third kappa shape index (κ3) is 2.67. The van der Waals surface area contributed by atoms with E-state index >= 15 is 0 Å². The van der Waals surface area contributed by atoms with Crippen LogP contribution < -0.4 is 0 Å². The molecule has 0 aromatic carbocycles. The van der Waals surface area contributed by atoms with Crippen LogP contribution in [0.25, 0.3) is 0 Å². The standard InChI is InChI=1S/C6H3Cl2F2NO3S/c7-4-2(5(9)10)1-3(12)6(11-4)15(8,13)14/h1,5,12H. The van der Waals surface area contributed by atoms with E-state index in [4.69, 9.17) is 27.4 Å². The molecule has 84 valence electrons. The Morgan fingerprint density at radius 2 is 2.00 bits per heavy atom. The van der Waals surface area contributed by atoms with E-state index in [1.54, 1.807) is 0 Å². The molecule has 0 unspecified atom stereocenters. The van der Waals surface area contributed by atoms with Crippen LogP contribution in [-0.4, -0.2) is 18.5 Å². The zero-order chi connectivity index (χ0) is 11.8. The number of aromatic hydroxyl groups is 1. The van der Waals surface area contributed by atoms with Crippen LogP contribution in [0.5, 0.6) is 5.75 Å². The number of nitrogens with zero attached hydrogens (tertiary/aromatic N) is 1. The maximum absolute atomic E-state index is 12.2. The molecule has 0 aliphatic carbocycles. The lowest BCUT2D eigenvalue weighted by molar-refractivity contribution is 0.150. The first-order valence-corrected chi connectivity index (χ1v) is 6.04. The summed E-state index contributed by atoms with van der Waals surface area (Å²) in [4.78, 5) is 3.08. The fourth-order valence-corrected chi connectivity index (χ4v) is 1.93. The molecule has 0 fully saturated rings. The Morgan fingerprint density at radius 1 is 1.47 bits per heavy atom. The molecule has 0 aliphatic rings. The van der Waals surface area contributed by atoms with E-state index in [1.165, 1.54) is 0 Å². The Balaban J connectivity index is 3.46. The Labute approximate surface area is 92.9 Å². The van der Waals surface area contributed by atoms with E-state index in [2.05, 4.69) is 4.98 Å². The van der Waals surface area contributed by atoms with Gasteiger partial charge < -0.3 is 5.11 Å². The van der Waals surface area contributed by atoms with Crippen LogP contribution in [0.4, 0.5) is 8.78 Å². The fraction of sp³-hybridized carbons (Fsp3) is 0.167. The quantitative estimate of drug-likeness (QED) is 0.665. The van der Waals surface area contributed by atoms with Crippen molar-refractivity contribution in [1.82, 2.24) is 4.98 Å². The summed E-state index contributed by atoms with van der Waals surface area (Å²) in [5.74, 6) is -0.968. The van der Waals surface area contributed by atoms with Crippen molar-refractivity contribution in [3.8, 4) is 5.75 Å². The molecule has 0 spiro atoms. The molecular weight excluding hydrogens is 275 g/mol. The number of aromatic nitrogens is 1. The van der Waals surface area contributed by atoms with Gasteiger partial charge in [0, 0.05) is 10.7 Å². The minimum Gasteiger partial charge on any atom is -0.505 e. The smallest absolute Gasteiger partial charge is 0.282 e. The summed E-state index contributed by atoms with van der Waals surface area (Å²) in [6.07, 6.45) is -2.97. The molecule has 0 saturated heterocycles. The second-order valence-electron chi connectivity index (χ2n) is 2.43. The van der Waals surface area contributed by atoms with Gasteiger partial charge in [0.25, 0.3) is 15.5 Å². The Morgan fingerprint density at radius 3 is 2.40 bits per heavy atom. The second-order valence-corrected chi connectivity index (χ2v) is 5.27. The van der Waals surface area contributed by atoms with Gasteiger partial charge in [0.1, 0.15) is 5.15 Å². The molecule has 1 N–H and O–H groups in total. The van der Waals surface area contributed by atoms with Gasteiger partial charge in [0.2, 0.25) is 5.03 Å². The highest BCUT2D eigenvalue weighted by atomic mass is 35.7. The average molecular weight is 278 g/mol. The molecular formula is C6H3Cl2F2NO3S. The van der Waals surface area contributed by atoms with Gasteiger partial charge in [0.05, 0.1) is 5.56 Å². The maximum atomic E-state index is 12.2. The monoisotopic (exact) mass is 277 g/mol. The molecule has 9 heteroatoms. The van der Waals surface area contributed by atoms with Crippen LogP contribution in [0.1, 0.15) is 12.0 Å². The molecule has 1 aromatic rings. The number of halogens is 4. The van der Waals surface area contributed by atoms with E-state index < -0.39 is 37.0 Å². The van der Waals surface area contributed by atoms with Gasteiger partial charge in [-0.2, -0.15) is 0 Å². The molecule has 0 aliphatic heterocycles. The summed E-state index contributed by atoms with van der Waals surface area (Å²) in [6, 6.07) is 0.509. The first-order valence-electron chi connectivity index (χ1n) is 3.35. The van der Waals surface area contributed by atoms with Gasteiger partial charge in [-0.05, 0) is 6.07 Å². The molecule has 0 radical (unpaired) electrons. The number of hydrogen-bond donors (Lipinski definition) is 1. The van der Waals surface area contributed by atoms with E-state index in [9.17, 15) is 17.2 Å². The molecule has 1 aromatic heterocycles. The fourth-order valence-electron chi connectivity index (χ4n) is 0.812. The number of hydrogen-bond acceptors (Lipinski definition) is 4. The van der Waals surface area contributed by atoms with Crippen molar-refractivity contribution in [2.75, 3.05) is 0 Å². The normalized spacial score (nSPS) is 12.1. The number of alkyl halides is 2. The lowest BCUT2D eigenvalue weighted by Crippen LogP contribution is -1.99. The van der Waals surface area contributed by atoms with Crippen molar-refractivity contribution >= 4 is 31.3 Å². The summed E-state index contributed by atoms with van der Waals surface area (Å²) in [5.41, 5.74) is -0.766. The van der Waals surface area contributed by atoms with Gasteiger partial charge in [-0.3, -0.25) is 0 Å². The van der Waals surface area contributed by atoms with Crippen molar-refractivity contribution in [2.45, 2.75) is 11.5 Å². The van der Waals surface area contributed by atoms with Crippen LogP contribution in [-0.2, 0) is 9.05 Å². The molecule has 4 nitrogen and oxygen atoms in total. The molecule has 1 rings (SSSR count). The van der Waals surface area contributed by atoms with Gasteiger partial charge in [0.15, 0.2) is 5.75 Å². The van der Waals surface area contributed by atoms with Gasteiger partial charge >= 0.3 is 0 Å². The van der Waals surface area contributed by atoms with Crippen LogP contribution in [0.15, 0.2) is 11.1 Å². The zero-order valence-corrected chi connectivity index (χ0v) is 9.11. The Bertz CT molecular complexity index is 491. The minimum absolute atomic E-state index is 0.509. The van der Waals surface area contributed by atoms with Gasteiger partial charge in [-0.25, -0.2) is 22.2 Å². The molecule has 0 bridgehead atoms. The largest absolute Gasteiger partial charge is 0.505 e. The first-order chi connectivity index (χ1) is 6.73. The van der Waals surface area contributed by atoms with Crippen molar-refractivity contribution in [2.24, 2.45) is 0 Å². The highest BCUT2D eigenvalue weighted by Gasteiger charge is 2.23. The number of pyridine rings is 1. The van der Waals surface area contributed by atoms with Crippen LogP contribution in [0.2, 0.25) is 5.15 Å². The zero-order valence-electron chi connectivity index (χ0n) is 6.79. The van der Waals surface area contributed by atoms with Gasteiger partial charge in [-0.15, -0.1) is 0 Å². The lowest BCUT2D eigenvalue weighted by Gasteiger charge is -2.05. The summed E-state index contributed by atoms with van der Waals surface area (Å²) in [5, 5.41) is 7.42. The second kappa shape index (κ2) is 4.07. The van der Waals surface area contributed by atoms with E-state index in [0.29, 0.717) is 6.07 Å². The van der Waals surface area contributed by atoms with Crippen LogP contribution in [0.3, 0.4) is 0 Å². The predicted molar refractivity (Wildman–Crippen MR) is 48.9 cm³/mol. The first kappa shape index (κ1) is 12.4. The molecule has 0 atom stereocenters. The highest BCUT2D eigenvalue weighted by molar-refractivity contribution is 8.13. The summed E-state index contributed by atoms with van der Waals surface area (Å²) < 4.78 is 46.0. The third-order valence-corrected chi connectivity index (χ3v) is 2.92. The average Bonchev–Trinajstić information content (AvgIpc) is 2.06. The SMILES string of the molecule is O=S(=O)(Cl)c1nc(Cl)c(C(F)F)cc1O. The molecule has 0 amide bonds. The van der Waals surface area contributed by atoms with Crippen molar-refractivity contribution < 1.29 is 22.3 Å². The topological polar surface area (TPSA) is 67.3 Å². The van der Waals surface area contributed by atoms with E-state index in [-0.39, 0.29) is 0 Å². The van der Waals surface area contributed by atoms with Crippen molar-refractivity contribution in [3.05, 3.63) is 16.8 Å². The Kier molecular flexibility index (Phi) is 3.37. The summed E-state index contributed by atoms with van der Waals surface area (Å²) >= 11 is 5.28. The number of rotatable bonds is 2. The maximum Gasteiger partial charge on any atom is 0.282 e. The van der Waals surface area contributed by atoms with Crippen LogP contribution >= 0.6 is 22.3 Å². The predicted octanol–water partition coefficient (Wildman–Crippen LogP) is 2.31. The van der Waals surface area contributed by atoms with E-state index in [0.717, 1.165) is 0 Å². The van der Waals surface area contributed by atoms with Crippen molar-refractivity contribution in [1.29, 1.82) is 0 Å². The third-order valence-electron chi connectivity index (χ3n) is 1.42. The highest BCUT2D eigenvalue weighted by Crippen LogP contribution is 2.33. The Hall–Kier alpha value is -0.660. The molecule has 1 heterocycles. The van der Waals surface area contributed by atoms with Gasteiger partial charge in [-0.1, -0.05) is 11.6 Å². The van der Waals surface area contributed by atoms with E-state index in [1.807, 2.05) is 0 Å². The molecule has 15 heavy (non-hydrogen) atoms. The molecule has 0 saturated carbocycles.